The average molecular weight is 438 g/mol. The molecule has 0 spiro atoms. The molecule has 1 unspecified atom stereocenters. The first-order chi connectivity index (χ1) is 15.5. The summed E-state index contributed by atoms with van der Waals surface area (Å²) in [5.41, 5.74) is 2.77. The minimum Gasteiger partial charge on any atom is -0.368 e. The van der Waals surface area contributed by atoms with Gasteiger partial charge in [-0.2, -0.15) is 0 Å². The highest BCUT2D eigenvalue weighted by atomic mass is 19.2. The zero-order valence-electron chi connectivity index (χ0n) is 17.2. The first kappa shape index (κ1) is 20.9. The highest BCUT2D eigenvalue weighted by Gasteiger charge is 2.30. The molecule has 3 aromatic carbocycles. The molecular weight excluding hydrogens is 417 g/mol. The van der Waals surface area contributed by atoms with E-state index in [0.717, 1.165) is 5.56 Å². The van der Waals surface area contributed by atoms with Crippen LogP contribution in [0.3, 0.4) is 0 Å². The van der Waals surface area contributed by atoms with Gasteiger partial charge in [-0.15, -0.1) is 0 Å². The van der Waals surface area contributed by atoms with Crippen LogP contribution >= 0.6 is 0 Å². The van der Waals surface area contributed by atoms with Crippen molar-refractivity contribution in [2.45, 2.75) is 18.3 Å². The van der Waals surface area contributed by atoms with Crippen molar-refractivity contribution < 1.29 is 27.4 Å². The smallest absolute Gasteiger partial charge is 0.176 e. The van der Waals surface area contributed by atoms with Crippen LogP contribution in [0.1, 0.15) is 23.1 Å². The topological polar surface area (TPSA) is 31.0 Å². The maximum atomic E-state index is 14.9. The number of hydrogen-bond acceptors (Lipinski definition) is 3. The fourth-order valence-corrected chi connectivity index (χ4v) is 3.96. The van der Waals surface area contributed by atoms with Gasteiger partial charge in [0, 0.05) is 22.6 Å². The zero-order valence-corrected chi connectivity index (χ0v) is 17.2. The fraction of sp³-hybridized carbons (Fsp3) is 0.231. The Morgan fingerprint density at radius 2 is 1.38 bits per heavy atom. The molecular formula is C26H21F3O3. The molecule has 0 bridgehead atoms. The summed E-state index contributed by atoms with van der Waals surface area (Å²) < 4.78 is 59.9. The van der Waals surface area contributed by atoms with Gasteiger partial charge in [-0.05, 0) is 28.8 Å². The minimum atomic E-state index is -0.906. The van der Waals surface area contributed by atoms with E-state index in [4.69, 9.17) is 14.2 Å². The van der Waals surface area contributed by atoms with Crippen LogP contribution in [0.15, 0.2) is 67.3 Å². The molecule has 2 heterocycles. The molecule has 2 aliphatic heterocycles. The van der Waals surface area contributed by atoms with Gasteiger partial charge in [0.1, 0.15) is 11.9 Å². The van der Waals surface area contributed by atoms with Crippen molar-refractivity contribution in [2.24, 2.45) is 0 Å². The molecule has 164 valence electrons. The summed E-state index contributed by atoms with van der Waals surface area (Å²) in [4.78, 5) is 0. The zero-order chi connectivity index (χ0) is 22.2. The van der Waals surface area contributed by atoms with E-state index in [9.17, 15) is 13.2 Å². The quantitative estimate of drug-likeness (QED) is 0.354. The van der Waals surface area contributed by atoms with Crippen LogP contribution in [-0.2, 0) is 14.2 Å². The lowest BCUT2D eigenvalue weighted by Crippen LogP contribution is -2.29. The summed E-state index contributed by atoms with van der Waals surface area (Å²) in [5.74, 6) is -2.21. The molecule has 0 amide bonds. The molecule has 32 heavy (non-hydrogen) atoms. The van der Waals surface area contributed by atoms with Crippen LogP contribution in [0, 0.1) is 17.5 Å². The fourth-order valence-electron chi connectivity index (χ4n) is 3.96. The van der Waals surface area contributed by atoms with Crippen molar-refractivity contribution in [3.63, 3.8) is 0 Å². The largest absolute Gasteiger partial charge is 0.368 e. The normalized spacial score (nSPS) is 22.5. The predicted molar refractivity (Wildman–Crippen MR) is 115 cm³/mol. The molecule has 0 N–H and O–H groups in total. The summed E-state index contributed by atoms with van der Waals surface area (Å²) in [6, 6.07) is 14.9. The maximum Gasteiger partial charge on any atom is 0.176 e. The molecule has 2 saturated heterocycles. The summed E-state index contributed by atoms with van der Waals surface area (Å²) in [6.07, 6.45) is 0.798. The summed E-state index contributed by atoms with van der Waals surface area (Å²) in [5, 5.41) is 0. The van der Waals surface area contributed by atoms with Crippen LogP contribution in [0.25, 0.3) is 22.3 Å². The van der Waals surface area contributed by atoms with Gasteiger partial charge in [-0.1, -0.05) is 55.1 Å². The van der Waals surface area contributed by atoms with Gasteiger partial charge in [0.15, 0.2) is 17.9 Å². The van der Waals surface area contributed by atoms with Gasteiger partial charge in [-0.3, -0.25) is 0 Å². The summed E-state index contributed by atoms with van der Waals surface area (Å²) >= 11 is 0. The van der Waals surface area contributed by atoms with Crippen LogP contribution in [0.2, 0.25) is 0 Å². The van der Waals surface area contributed by atoms with Gasteiger partial charge in [-0.25, -0.2) is 13.2 Å². The Morgan fingerprint density at radius 3 is 1.97 bits per heavy atom. The molecule has 2 fully saturated rings. The Balaban J connectivity index is 1.36. The van der Waals surface area contributed by atoms with E-state index in [0.29, 0.717) is 36.5 Å². The molecule has 0 aromatic heterocycles. The third-order valence-electron chi connectivity index (χ3n) is 5.88. The van der Waals surface area contributed by atoms with E-state index in [1.54, 1.807) is 48.5 Å². The number of ether oxygens (including phenoxy) is 3. The van der Waals surface area contributed by atoms with E-state index < -0.39 is 17.9 Å². The Labute approximate surface area is 184 Å². The van der Waals surface area contributed by atoms with Crippen LogP contribution in [0.5, 0.6) is 0 Å². The molecule has 5 rings (SSSR count). The SMILES string of the molecule is C=CC1OCC(c2ccc(-c3ccc(-c4ccc(C5CO5)c(F)c4F)cc3)c(F)c2)CO1. The van der Waals surface area contributed by atoms with Crippen molar-refractivity contribution in [2.75, 3.05) is 19.8 Å². The highest BCUT2D eigenvalue weighted by Crippen LogP contribution is 2.36. The van der Waals surface area contributed by atoms with Crippen LogP contribution in [0.4, 0.5) is 13.2 Å². The number of epoxide rings is 1. The second kappa shape index (κ2) is 8.54. The van der Waals surface area contributed by atoms with Crippen molar-refractivity contribution in [3.8, 4) is 22.3 Å². The Hall–Kier alpha value is -2.93. The Morgan fingerprint density at radius 1 is 0.750 bits per heavy atom. The Kier molecular flexibility index (Phi) is 5.59. The van der Waals surface area contributed by atoms with Gasteiger partial charge in [0.05, 0.1) is 19.8 Å². The number of benzene rings is 3. The number of hydrogen-bond donors (Lipinski definition) is 0. The molecule has 0 saturated carbocycles. The van der Waals surface area contributed by atoms with Gasteiger partial charge in [0.2, 0.25) is 0 Å². The Bertz CT molecular complexity index is 1150. The molecule has 3 aromatic rings. The second-order valence-electron chi connectivity index (χ2n) is 7.94. The van der Waals surface area contributed by atoms with Gasteiger partial charge >= 0.3 is 0 Å². The van der Waals surface area contributed by atoms with E-state index >= 15 is 0 Å². The van der Waals surface area contributed by atoms with Gasteiger partial charge in [0.25, 0.3) is 0 Å². The monoisotopic (exact) mass is 438 g/mol. The maximum absolute atomic E-state index is 14.9. The van der Waals surface area contributed by atoms with Crippen LogP contribution < -0.4 is 0 Å². The van der Waals surface area contributed by atoms with E-state index in [-0.39, 0.29) is 29.0 Å². The van der Waals surface area contributed by atoms with Crippen molar-refractivity contribution >= 4 is 0 Å². The standard InChI is InChI=1S/C26H21F3O3/c1-2-24-31-12-18(13-32-24)17-7-8-19(22(27)11-17)15-3-5-16(6-4-15)20-9-10-21(23-14-30-23)26(29)25(20)28/h2-11,18,23-24H,1,12-14H2. The predicted octanol–water partition coefficient (Wildman–Crippen LogP) is 6.15. The van der Waals surface area contributed by atoms with Crippen molar-refractivity contribution in [3.05, 3.63) is 95.8 Å². The van der Waals surface area contributed by atoms with Crippen LogP contribution in [-0.4, -0.2) is 26.1 Å². The highest BCUT2D eigenvalue weighted by molar-refractivity contribution is 5.71. The van der Waals surface area contributed by atoms with Gasteiger partial charge < -0.3 is 14.2 Å². The number of rotatable bonds is 5. The first-order valence-electron chi connectivity index (χ1n) is 10.4. The minimum absolute atomic E-state index is 0.0565. The third kappa shape index (κ3) is 3.97. The van der Waals surface area contributed by atoms with E-state index in [2.05, 4.69) is 6.58 Å². The lowest BCUT2D eigenvalue weighted by molar-refractivity contribution is -0.159. The molecule has 2 aliphatic rings. The first-order valence-corrected chi connectivity index (χ1v) is 10.4. The molecule has 6 heteroatoms. The van der Waals surface area contributed by atoms with E-state index in [1.165, 1.54) is 6.07 Å². The third-order valence-corrected chi connectivity index (χ3v) is 5.88. The second-order valence-corrected chi connectivity index (χ2v) is 7.94. The molecule has 1 atom stereocenters. The average Bonchev–Trinajstić information content (AvgIpc) is 3.66. The summed E-state index contributed by atoms with van der Waals surface area (Å²) in [6.45, 7) is 4.90. The summed E-state index contributed by atoms with van der Waals surface area (Å²) in [7, 11) is 0. The molecule has 0 radical (unpaired) electrons. The van der Waals surface area contributed by atoms with Crippen molar-refractivity contribution in [1.29, 1.82) is 0 Å². The molecule has 3 nitrogen and oxygen atoms in total. The lowest BCUT2D eigenvalue weighted by Gasteiger charge is -2.28. The van der Waals surface area contributed by atoms with E-state index in [1.807, 2.05) is 6.07 Å². The van der Waals surface area contributed by atoms with Crippen molar-refractivity contribution in [1.82, 2.24) is 0 Å². The lowest BCUT2D eigenvalue weighted by atomic mass is 9.95. The number of halogens is 3. The molecule has 0 aliphatic carbocycles.